The lowest BCUT2D eigenvalue weighted by Gasteiger charge is -2.21. The van der Waals surface area contributed by atoms with Crippen molar-refractivity contribution in [3.8, 4) is 5.75 Å². The molecule has 0 aliphatic rings. The van der Waals surface area contributed by atoms with Gasteiger partial charge in [-0.15, -0.1) is 0 Å². The Labute approximate surface area is 127 Å². The number of nitrogens with zero attached hydrogens (tertiary/aromatic N) is 3. The number of halogens is 1. The zero-order valence-corrected chi connectivity index (χ0v) is 13.5. The first kappa shape index (κ1) is 15.0. The molecule has 1 N–H and O–H groups in total. The molecule has 1 aromatic heterocycles. The molecular weight excluding hydrogens is 320 g/mol. The summed E-state index contributed by atoms with van der Waals surface area (Å²) in [5, 5.41) is 7.67. The van der Waals surface area contributed by atoms with Crippen LogP contribution in [0.2, 0.25) is 0 Å². The first-order chi connectivity index (χ1) is 9.60. The van der Waals surface area contributed by atoms with Crippen molar-refractivity contribution < 1.29 is 4.74 Å². The summed E-state index contributed by atoms with van der Waals surface area (Å²) in [6, 6.07) is 6.55. The van der Waals surface area contributed by atoms with E-state index in [0.29, 0.717) is 6.04 Å². The van der Waals surface area contributed by atoms with Gasteiger partial charge in [0.2, 0.25) is 0 Å². The molecule has 6 heteroatoms. The van der Waals surface area contributed by atoms with Gasteiger partial charge < -0.3 is 10.1 Å². The molecule has 1 heterocycles. The third-order valence-electron chi connectivity index (χ3n) is 3.14. The molecule has 0 aliphatic carbocycles. The first-order valence-electron chi connectivity index (χ1n) is 6.52. The van der Waals surface area contributed by atoms with Crippen molar-refractivity contribution in [3.63, 3.8) is 0 Å². The highest BCUT2D eigenvalue weighted by atomic mass is 79.9. The van der Waals surface area contributed by atoms with E-state index in [1.807, 2.05) is 16.8 Å². The van der Waals surface area contributed by atoms with Crippen molar-refractivity contribution >= 4 is 15.9 Å². The van der Waals surface area contributed by atoms with E-state index in [0.717, 1.165) is 16.8 Å². The van der Waals surface area contributed by atoms with Crippen LogP contribution >= 0.6 is 15.9 Å². The van der Waals surface area contributed by atoms with Crippen molar-refractivity contribution in [1.29, 1.82) is 0 Å². The normalized spacial score (nSPS) is 14.0. The summed E-state index contributed by atoms with van der Waals surface area (Å²) in [7, 11) is 1.67. The van der Waals surface area contributed by atoms with Gasteiger partial charge in [0.05, 0.1) is 13.7 Å². The predicted molar refractivity (Wildman–Crippen MR) is 81.7 cm³/mol. The number of nitrogens with one attached hydrogen (secondary N) is 1. The number of benzene rings is 1. The summed E-state index contributed by atoms with van der Waals surface area (Å²) in [6.45, 7) is 5.07. The van der Waals surface area contributed by atoms with Crippen LogP contribution in [0.25, 0.3) is 0 Å². The Morgan fingerprint density at radius 2 is 2.20 bits per heavy atom. The van der Waals surface area contributed by atoms with E-state index in [-0.39, 0.29) is 6.04 Å². The van der Waals surface area contributed by atoms with Gasteiger partial charge in [-0.1, -0.05) is 22.0 Å². The summed E-state index contributed by atoms with van der Waals surface area (Å²) in [6.07, 6.45) is 3.28. The zero-order chi connectivity index (χ0) is 14.5. The Morgan fingerprint density at radius 3 is 2.80 bits per heavy atom. The number of hydrogen-bond acceptors (Lipinski definition) is 4. The molecule has 20 heavy (non-hydrogen) atoms. The molecule has 2 rings (SSSR count). The van der Waals surface area contributed by atoms with Crippen LogP contribution in [0.3, 0.4) is 0 Å². The Balaban J connectivity index is 1.98. The van der Waals surface area contributed by atoms with Gasteiger partial charge in [-0.05, 0) is 31.5 Å². The Hall–Kier alpha value is -1.40. The fourth-order valence-electron chi connectivity index (χ4n) is 2.16. The standard InChI is InChI=1S/C14H19BrN4O/c1-10(7-19-9-16-8-17-19)18-11(2)13-5-4-12(20-3)6-14(13)15/h4-6,8-11,18H,7H2,1-3H3/t10-,11+/m0/s1. The highest BCUT2D eigenvalue weighted by Crippen LogP contribution is 2.27. The van der Waals surface area contributed by atoms with Crippen LogP contribution in [0.15, 0.2) is 35.3 Å². The average Bonchev–Trinajstić information content (AvgIpc) is 2.90. The predicted octanol–water partition coefficient (Wildman–Crippen LogP) is 2.79. The van der Waals surface area contributed by atoms with Gasteiger partial charge in [-0.25, -0.2) is 4.98 Å². The topological polar surface area (TPSA) is 52.0 Å². The summed E-state index contributed by atoms with van der Waals surface area (Å²) in [5.41, 5.74) is 1.20. The second-order valence-corrected chi connectivity index (χ2v) is 5.65. The maximum atomic E-state index is 5.21. The van der Waals surface area contributed by atoms with Gasteiger partial charge in [-0.3, -0.25) is 4.68 Å². The molecule has 0 saturated heterocycles. The van der Waals surface area contributed by atoms with E-state index < -0.39 is 0 Å². The molecule has 0 spiro atoms. The molecule has 5 nitrogen and oxygen atoms in total. The van der Waals surface area contributed by atoms with Gasteiger partial charge in [0.15, 0.2) is 0 Å². The van der Waals surface area contributed by atoms with Crippen LogP contribution in [0.1, 0.15) is 25.5 Å². The highest BCUT2D eigenvalue weighted by Gasteiger charge is 2.13. The van der Waals surface area contributed by atoms with Crippen LogP contribution in [0.4, 0.5) is 0 Å². The van der Waals surface area contributed by atoms with Crippen molar-refractivity contribution in [2.75, 3.05) is 7.11 Å². The number of ether oxygens (including phenoxy) is 1. The monoisotopic (exact) mass is 338 g/mol. The lowest BCUT2D eigenvalue weighted by molar-refractivity contribution is 0.407. The van der Waals surface area contributed by atoms with Crippen molar-refractivity contribution in [1.82, 2.24) is 20.1 Å². The van der Waals surface area contributed by atoms with E-state index in [2.05, 4.69) is 51.2 Å². The van der Waals surface area contributed by atoms with E-state index >= 15 is 0 Å². The van der Waals surface area contributed by atoms with Crippen LogP contribution < -0.4 is 10.1 Å². The highest BCUT2D eigenvalue weighted by molar-refractivity contribution is 9.10. The second kappa shape index (κ2) is 6.85. The van der Waals surface area contributed by atoms with Crippen molar-refractivity contribution in [3.05, 3.63) is 40.9 Å². The molecule has 108 valence electrons. The molecule has 0 fully saturated rings. The summed E-state index contributed by atoms with van der Waals surface area (Å²) in [4.78, 5) is 3.95. The molecule has 0 amide bonds. The number of rotatable bonds is 6. The first-order valence-corrected chi connectivity index (χ1v) is 7.31. The maximum Gasteiger partial charge on any atom is 0.137 e. The Morgan fingerprint density at radius 1 is 1.40 bits per heavy atom. The third kappa shape index (κ3) is 3.80. The van der Waals surface area contributed by atoms with Crippen molar-refractivity contribution in [2.24, 2.45) is 0 Å². The molecule has 2 atom stereocenters. The molecule has 0 saturated carbocycles. The van der Waals surface area contributed by atoms with Crippen molar-refractivity contribution in [2.45, 2.75) is 32.5 Å². The summed E-state index contributed by atoms with van der Waals surface area (Å²) >= 11 is 3.59. The van der Waals surface area contributed by atoms with Gasteiger partial charge in [0.25, 0.3) is 0 Å². The van der Waals surface area contributed by atoms with Crippen LogP contribution in [-0.2, 0) is 6.54 Å². The fraction of sp³-hybridized carbons (Fsp3) is 0.429. The van der Waals surface area contributed by atoms with Gasteiger partial charge in [0, 0.05) is 16.6 Å². The SMILES string of the molecule is COc1ccc([C@@H](C)N[C@@H](C)Cn2cncn2)c(Br)c1. The van der Waals surface area contributed by atoms with Crippen LogP contribution in [0, 0.1) is 0 Å². The lowest BCUT2D eigenvalue weighted by atomic mass is 10.1. The van der Waals surface area contributed by atoms with E-state index in [9.17, 15) is 0 Å². The Kier molecular flexibility index (Phi) is 5.14. The van der Waals surface area contributed by atoms with Gasteiger partial charge in [-0.2, -0.15) is 5.10 Å². The number of aromatic nitrogens is 3. The minimum absolute atomic E-state index is 0.230. The Bertz CT molecular complexity index is 544. The molecule has 1 aromatic carbocycles. The zero-order valence-electron chi connectivity index (χ0n) is 11.9. The van der Waals surface area contributed by atoms with Crippen LogP contribution in [-0.4, -0.2) is 27.9 Å². The summed E-state index contributed by atoms with van der Waals surface area (Å²) in [5.74, 6) is 0.850. The minimum Gasteiger partial charge on any atom is -0.497 e. The maximum absolute atomic E-state index is 5.21. The summed E-state index contributed by atoms with van der Waals surface area (Å²) < 4.78 is 8.08. The largest absolute Gasteiger partial charge is 0.497 e. The molecule has 0 bridgehead atoms. The molecule has 0 unspecified atom stereocenters. The molecule has 0 aliphatic heterocycles. The minimum atomic E-state index is 0.230. The second-order valence-electron chi connectivity index (χ2n) is 4.79. The van der Waals surface area contributed by atoms with Gasteiger partial charge in [0.1, 0.15) is 18.4 Å². The number of hydrogen-bond donors (Lipinski definition) is 1. The molecule has 0 radical (unpaired) electrons. The average molecular weight is 339 g/mol. The quantitative estimate of drug-likeness (QED) is 0.879. The smallest absolute Gasteiger partial charge is 0.137 e. The van der Waals surface area contributed by atoms with E-state index in [1.54, 1.807) is 19.8 Å². The third-order valence-corrected chi connectivity index (χ3v) is 3.82. The lowest BCUT2D eigenvalue weighted by Crippen LogP contribution is -2.33. The fourth-order valence-corrected chi connectivity index (χ4v) is 2.86. The van der Waals surface area contributed by atoms with Crippen LogP contribution in [0.5, 0.6) is 5.75 Å². The number of methoxy groups -OCH3 is 1. The van der Waals surface area contributed by atoms with Gasteiger partial charge >= 0.3 is 0 Å². The molecule has 2 aromatic rings. The van der Waals surface area contributed by atoms with E-state index in [1.165, 1.54) is 5.56 Å². The molecular formula is C14H19BrN4O. The van der Waals surface area contributed by atoms with E-state index in [4.69, 9.17) is 4.74 Å².